The van der Waals surface area contributed by atoms with Gasteiger partial charge in [0, 0.05) is 78.4 Å². The van der Waals surface area contributed by atoms with Crippen molar-refractivity contribution in [3.05, 3.63) is 76.0 Å². The van der Waals surface area contributed by atoms with Crippen molar-refractivity contribution in [3.8, 4) is 45.4 Å². The predicted molar refractivity (Wildman–Crippen MR) is 180 cm³/mol. The molecule has 0 unspecified atom stereocenters. The maximum atomic E-state index is 11.7. The molecule has 7 rings (SSSR count). The van der Waals surface area contributed by atoms with E-state index in [0.717, 1.165) is 67.0 Å². The second kappa shape index (κ2) is 13.0. The van der Waals surface area contributed by atoms with Crippen LogP contribution in [-0.4, -0.2) is 76.9 Å². The van der Waals surface area contributed by atoms with Gasteiger partial charge in [-0.05, 0) is 25.0 Å². The number of aliphatic hydroxyl groups excluding tert-OH is 1. The van der Waals surface area contributed by atoms with Gasteiger partial charge in [0.05, 0.1) is 47.5 Å². The molecule has 12 heteroatoms. The highest BCUT2D eigenvalue weighted by Gasteiger charge is 2.47. The first-order valence-electron chi connectivity index (χ1n) is 15.7. The highest BCUT2D eigenvalue weighted by Crippen LogP contribution is 2.42. The third kappa shape index (κ3) is 6.28. The number of likely N-dealkylation sites (tertiary alicyclic amines) is 1. The summed E-state index contributed by atoms with van der Waals surface area (Å²) in [5.74, 6) is 1.39. The molecule has 2 aromatic heterocycles. The van der Waals surface area contributed by atoms with Gasteiger partial charge in [0.15, 0.2) is 0 Å². The number of nitrogens with one attached hydrogen (secondary N) is 2. The van der Waals surface area contributed by atoms with Crippen molar-refractivity contribution in [2.75, 3.05) is 33.9 Å². The fourth-order valence-electron chi connectivity index (χ4n) is 6.86. The van der Waals surface area contributed by atoms with Gasteiger partial charge >= 0.3 is 0 Å². The Hall–Kier alpha value is -3.80. The molecule has 244 valence electrons. The van der Waals surface area contributed by atoms with E-state index in [2.05, 4.69) is 25.5 Å². The zero-order chi connectivity index (χ0) is 32.7. The third-order valence-corrected chi connectivity index (χ3v) is 10.2. The summed E-state index contributed by atoms with van der Waals surface area (Å²) in [5, 5.41) is 16.8. The van der Waals surface area contributed by atoms with Gasteiger partial charge in [0.2, 0.25) is 11.8 Å². The summed E-state index contributed by atoms with van der Waals surface area (Å²) in [4.78, 5) is 27.9. The number of hydrogen-bond donors (Lipinski definition) is 3. The average Bonchev–Trinajstić information content (AvgIpc) is 3.44. The molecule has 3 fully saturated rings. The third-order valence-electron chi connectivity index (χ3n) is 9.41. The number of aliphatic hydroxyl groups is 1. The van der Waals surface area contributed by atoms with Gasteiger partial charge in [-0.2, -0.15) is 0 Å². The maximum Gasteiger partial charge on any atom is 0.220 e. The van der Waals surface area contributed by atoms with Crippen LogP contribution in [-0.2, 0) is 17.9 Å². The van der Waals surface area contributed by atoms with E-state index in [1.165, 1.54) is 6.33 Å². The second-order valence-corrected chi connectivity index (χ2v) is 13.5. The first kappa shape index (κ1) is 31.8. The van der Waals surface area contributed by atoms with Crippen molar-refractivity contribution < 1.29 is 19.4 Å². The lowest BCUT2D eigenvalue weighted by atomic mass is 9.79. The van der Waals surface area contributed by atoms with Crippen molar-refractivity contribution in [1.82, 2.24) is 30.5 Å². The monoisotopic (exact) mass is 674 g/mol. The van der Waals surface area contributed by atoms with Crippen molar-refractivity contribution in [1.29, 1.82) is 0 Å². The Morgan fingerprint density at radius 1 is 1.00 bits per heavy atom. The Bertz CT molecular complexity index is 1830. The number of carbonyl (C=O) groups is 1. The van der Waals surface area contributed by atoms with E-state index < -0.39 is 0 Å². The number of carbonyl (C=O) groups excluding carboxylic acids is 1. The van der Waals surface area contributed by atoms with Crippen molar-refractivity contribution in [3.63, 3.8) is 0 Å². The molecule has 1 aliphatic carbocycles. The van der Waals surface area contributed by atoms with Crippen LogP contribution in [0.1, 0.15) is 30.4 Å². The van der Waals surface area contributed by atoms with Crippen LogP contribution in [0.2, 0.25) is 10.0 Å². The number of benzene rings is 2. The fourth-order valence-corrected chi connectivity index (χ4v) is 7.48. The minimum atomic E-state index is -0.217. The van der Waals surface area contributed by atoms with Gasteiger partial charge in [-0.1, -0.05) is 59.6 Å². The highest BCUT2D eigenvalue weighted by atomic mass is 35.5. The zero-order valence-electron chi connectivity index (χ0n) is 26.2. The molecule has 10 nitrogen and oxygen atoms in total. The molecule has 0 radical (unpaired) electrons. The molecule has 1 spiro atoms. The van der Waals surface area contributed by atoms with Crippen molar-refractivity contribution in [2.24, 2.45) is 5.41 Å². The number of hydrogen-bond acceptors (Lipinski definition) is 9. The molecule has 2 aromatic carbocycles. The SMILES string of the molecule is COc1cc(-c2ncnc(-c3cccc(-c4ccc(CN[C@H]5C[C@@H](O)C5)c(OC)n4)c3Cl)c2Cl)ccc1CN1CC2(CNC(=O)C2)C1. The van der Waals surface area contributed by atoms with Crippen LogP contribution < -0.4 is 20.1 Å². The van der Waals surface area contributed by atoms with Crippen molar-refractivity contribution in [2.45, 2.75) is 44.5 Å². The molecular weight excluding hydrogens is 639 g/mol. The molecule has 3 N–H and O–H groups in total. The van der Waals surface area contributed by atoms with Gasteiger partial charge in [0.25, 0.3) is 0 Å². The lowest BCUT2D eigenvalue weighted by Gasteiger charge is -2.47. The minimum Gasteiger partial charge on any atom is -0.496 e. The summed E-state index contributed by atoms with van der Waals surface area (Å²) in [5.41, 5.74) is 5.94. The molecule has 1 amide bonds. The van der Waals surface area contributed by atoms with Crippen LogP contribution >= 0.6 is 23.2 Å². The molecule has 0 bridgehead atoms. The van der Waals surface area contributed by atoms with Gasteiger partial charge in [-0.25, -0.2) is 15.0 Å². The number of ether oxygens (including phenoxy) is 2. The zero-order valence-corrected chi connectivity index (χ0v) is 27.7. The topological polar surface area (TPSA) is 122 Å². The molecule has 0 atom stereocenters. The first-order valence-corrected chi connectivity index (χ1v) is 16.4. The molecule has 1 saturated carbocycles. The molecule has 4 aromatic rings. The van der Waals surface area contributed by atoms with E-state index in [0.29, 0.717) is 57.6 Å². The Morgan fingerprint density at radius 2 is 1.77 bits per heavy atom. The lowest BCUT2D eigenvalue weighted by Crippen LogP contribution is -2.56. The van der Waals surface area contributed by atoms with Crippen molar-refractivity contribution >= 4 is 29.1 Å². The summed E-state index contributed by atoms with van der Waals surface area (Å²) in [6.07, 6.45) is 3.38. The first-order chi connectivity index (χ1) is 22.8. The summed E-state index contributed by atoms with van der Waals surface area (Å²) in [6.45, 7) is 3.83. The maximum absolute atomic E-state index is 11.7. The van der Waals surface area contributed by atoms with Gasteiger partial charge in [0.1, 0.15) is 12.1 Å². The van der Waals surface area contributed by atoms with Crippen LogP contribution in [0.15, 0.2) is 54.9 Å². The van der Waals surface area contributed by atoms with E-state index in [-0.39, 0.29) is 17.4 Å². The molecule has 4 heterocycles. The van der Waals surface area contributed by atoms with Gasteiger partial charge in [-0.15, -0.1) is 0 Å². The predicted octanol–water partition coefficient (Wildman–Crippen LogP) is 5.13. The quantitative estimate of drug-likeness (QED) is 0.210. The molecule has 47 heavy (non-hydrogen) atoms. The van der Waals surface area contributed by atoms with Gasteiger partial charge < -0.3 is 25.2 Å². The van der Waals surface area contributed by atoms with Crippen LogP contribution in [0.25, 0.3) is 33.8 Å². The Labute approximate surface area is 283 Å². The Balaban J connectivity index is 1.12. The van der Waals surface area contributed by atoms with E-state index in [1.54, 1.807) is 14.2 Å². The number of nitrogens with zero attached hydrogens (tertiary/aromatic N) is 4. The van der Waals surface area contributed by atoms with Crippen LogP contribution in [0.5, 0.6) is 11.6 Å². The van der Waals surface area contributed by atoms with Gasteiger partial charge in [-0.3, -0.25) is 9.69 Å². The summed E-state index contributed by atoms with van der Waals surface area (Å²) in [7, 11) is 3.26. The smallest absolute Gasteiger partial charge is 0.220 e. The molecule has 3 aliphatic rings. The highest BCUT2D eigenvalue weighted by molar-refractivity contribution is 6.38. The van der Waals surface area contributed by atoms with Crippen LogP contribution in [0.4, 0.5) is 0 Å². The number of amides is 1. The van der Waals surface area contributed by atoms with Crippen LogP contribution in [0.3, 0.4) is 0 Å². The Morgan fingerprint density at radius 3 is 2.49 bits per heavy atom. The average molecular weight is 676 g/mol. The summed E-state index contributed by atoms with van der Waals surface area (Å²) < 4.78 is 11.4. The summed E-state index contributed by atoms with van der Waals surface area (Å²) in [6, 6.07) is 15.9. The number of rotatable bonds is 10. The fraction of sp³-hybridized carbons (Fsp3) is 0.371. The van der Waals surface area contributed by atoms with E-state index in [9.17, 15) is 9.90 Å². The number of methoxy groups -OCH3 is 2. The van der Waals surface area contributed by atoms with Crippen LogP contribution in [0, 0.1) is 5.41 Å². The number of aromatic nitrogens is 3. The van der Waals surface area contributed by atoms with E-state index in [4.69, 9.17) is 37.7 Å². The normalized spacial score (nSPS) is 20.1. The number of pyridine rings is 1. The second-order valence-electron chi connectivity index (χ2n) is 12.7. The number of halogens is 2. The van der Waals surface area contributed by atoms with E-state index >= 15 is 0 Å². The molecule has 2 saturated heterocycles. The summed E-state index contributed by atoms with van der Waals surface area (Å²) >= 11 is 14.0. The Kier molecular flexibility index (Phi) is 8.80. The largest absolute Gasteiger partial charge is 0.496 e. The standard InChI is InChI=1S/C35H36Cl2N6O4/c1-46-28-10-20(6-7-22(28)15-43-17-35(18-43)13-29(45)39-16-35)32-31(37)33(41-19-40-32)26-5-3-4-25(30(26)36)27-9-8-21(34(42-27)47-2)14-38-23-11-24(44)12-23/h3-10,19,23-24,38,44H,11-18H2,1-2H3,(H,39,45)/t23-,24+. The molecule has 2 aliphatic heterocycles. The van der Waals surface area contributed by atoms with E-state index in [1.807, 2.05) is 48.5 Å². The minimum absolute atomic E-state index is 0.0673. The molecular formula is C35H36Cl2N6O4. The lowest BCUT2D eigenvalue weighted by molar-refractivity contribution is -0.120.